The Morgan fingerprint density at radius 2 is 2.00 bits per heavy atom. The van der Waals surface area contributed by atoms with Gasteiger partial charge in [-0.1, -0.05) is 0 Å². The van der Waals surface area contributed by atoms with E-state index in [1.807, 2.05) is 0 Å². The summed E-state index contributed by atoms with van der Waals surface area (Å²) in [5.74, 6) is -0.854. The van der Waals surface area contributed by atoms with E-state index in [-0.39, 0.29) is 12.4 Å². The molecule has 0 fully saturated rings. The van der Waals surface area contributed by atoms with Crippen LogP contribution in [0.5, 0.6) is 0 Å². The molecule has 1 unspecified atom stereocenters. The second kappa shape index (κ2) is 8.49. The SMILES string of the molecule is COC(=O)CCCCC(C[N+](=O)[O-])OC(C)=O. The first kappa shape index (κ1) is 15.3. The molecule has 0 aromatic carbocycles. The number of nitrogens with zero attached hydrogens (tertiary/aromatic N) is 1. The van der Waals surface area contributed by atoms with E-state index < -0.39 is 23.5 Å². The average Bonchev–Trinajstić information content (AvgIpc) is 2.22. The van der Waals surface area contributed by atoms with Gasteiger partial charge in [0, 0.05) is 18.3 Å². The van der Waals surface area contributed by atoms with E-state index in [4.69, 9.17) is 4.74 Å². The third-order valence-corrected chi connectivity index (χ3v) is 2.07. The lowest BCUT2D eigenvalue weighted by atomic mass is 10.1. The zero-order chi connectivity index (χ0) is 13.3. The number of rotatable bonds is 8. The van der Waals surface area contributed by atoms with E-state index in [0.717, 1.165) is 0 Å². The van der Waals surface area contributed by atoms with Gasteiger partial charge < -0.3 is 9.47 Å². The molecular weight excluding hydrogens is 230 g/mol. The molecule has 0 aliphatic carbocycles. The van der Waals surface area contributed by atoms with Gasteiger partial charge in [-0.15, -0.1) is 0 Å². The molecule has 0 N–H and O–H groups in total. The van der Waals surface area contributed by atoms with Crippen molar-refractivity contribution in [3.63, 3.8) is 0 Å². The fourth-order valence-corrected chi connectivity index (χ4v) is 1.33. The summed E-state index contributed by atoms with van der Waals surface area (Å²) in [5, 5.41) is 10.3. The van der Waals surface area contributed by atoms with Crippen molar-refractivity contribution in [2.24, 2.45) is 0 Å². The third kappa shape index (κ3) is 9.28. The lowest BCUT2D eigenvalue weighted by Crippen LogP contribution is -2.25. The number of esters is 2. The Kier molecular flexibility index (Phi) is 7.66. The first-order valence-corrected chi connectivity index (χ1v) is 5.31. The minimum absolute atomic E-state index is 0.266. The molecule has 0 saturated carbocycles. The summed E-state index contributed by atoms with van der Waals surface area (Å²) in [7, 11) is 1.30. The smallest absolute Gasteiger partial charge is 0.305 e. The van der Waals surface area contributed by atoms with Crippen molar-refractivity contribution < 1.29 is 24.0 Å². The molecule has 0 amide bonds. The van der Waals surface area contributed by atoms with Crippen molar-refractivity contribution in [3.8, 4) is 0 Å². The fourth-order valence-electron chi connectivity index (χ4n) is 1.33. The van der Waals surface area contributed by atoms with Crippen molar-refractivity contribution in [2.45, 2.75) is 38.7 Å². The Morgan fingerprint density at radius 1 is 1.35 bits per heavy atom. The van der Waals surface area contributed by atoms with E-state index in [1.54, 1.807) is 0 Å². The van der Waals surface area contributed by atoms with Gasteiger partial charge in [-0.05, 0) is 19.3 Å². The number of unbranched alkanes of at least 4 members (excludes halogenated alkanes) is 1. The number of ether oxygens (including phenoxy) is 2. The molecule has 0 heterocycles. The molecule has 17 heavy (non-hydrogen) atoms. The van der Waals surface area contributed by atoms with Gasteiger partial charge >= 0.3 is 11.9 Å². The predicted octanol–water partition coefficient (Wildman–Crippen LogP) is 0.928. The highest BCUT2D eigenvalue weighted by Crippen LogP contribution is 2.08. The topological polar surface area (TPSA) is 95.7 Å². The van der Waals surface area contributed by atoms with E-state index in [9.17, 15) is 19.7 Å². The van der Waals surface area contributed by atoms with Crippen LogP contribution < -0.4 is 0 Å². The highest BCUT2D eigenvalue weighted by atomic mass is 16.6. The van der Waals surface area contributed by atoms with Crippen LogP contribution in [0.3, 0.4) is 0 Å². The van der Waals surface area contributed by atoms with Crippen LogP contribution in [0.1, 0.15) is 32.6 Å². The monoisotopic (exact) mass is 247 g/mol. The van der Waals surface area contributed by atoms with Gasteiger partial charge in [0.2, 0.25) is 6.54 Å². The maximum atomic E-state index is 10.8. The highest BCUT2D eigenvalue weighted by molar-refractivity contribution is 5.69. The van der Waals surface area contributed by atoms with Crippen LogP contribution in [0, 0.1) is 10.1 Å². The van der Waals surface area contributed by atoms with Crippen LogP contribution in [0.2, 0.25) is 0 Å². The summed E-state index contributed by atoms with van der Waals surface area (Å²) in [4.78, 5) is 31.3. The van der Waals surface area contributed by atoms with Crippen molar-refractivity contribution in [1.29, 1.82) is 0 Å². The lowest BCUT2D eigenvalue weighted by molar-refractivity contribution is -0.490. The molecule has 7 heteroatoms. The van der Waals surface area contributed by atoms with Crippen LogP contribution in [-0.2, 0) is 19.1 Å². The molecule has 98 valence electrons. The molecule has 0 radical (unpaired) electrons. The summed E-state index contributed by atoms with van der Waals surface area (Å²) < 4.78 is 9.25. The van der Waals surface area contributed by atoms with E-state index in [0.29, 0.717) is 19.3 Å². The summed E-state index contributed by atoms with van der Waals surface area (Å²) >= 11 is 0. The number of hydrogen-bond acceptors (Lipinski definition) is 6. The first-order valence-electron chi connectivity index (χ1n) is 5.31. The zero-order valence-corrected chi connectivity index (χ0v) is 10.0. The van der Waals surface area contributed by atoms with Gasteiger partial charge in [0.05, 0.1) is 7.11 Å². The largest absolute Gasteiger partial charge is 0.469 e. The van der Waals surface area contributed by atoms with Gasteiger partial charge in [0.15, 0.2) is 6.10 Å². The summed E-state index contributed by atoms with van der Waals surface area (Å²) in [6.07, 6.45) is 1.04. The predicted molar refractivity (Wildman–Crippen MR) is 57.9 cm³/mol. The Morgan fingerprint density at radius 3 is 2.47 bits per heavy atom. The van der Waals surface area contributed by atoms with Gasteiger partial charge in [-0.2, -0.15) is 0 Å². The van der Waals surface area contributed by atoms with Crippen LogP contribution in [0.4, 0.5) is 0 Å². The molecule has 0 spiro atoms. The van der Waals surface area contributed by atoms with E-state index >= 15 is 0 Å². The Bertz CT molecular complexity index is 262. The van der Waals surface area contributed by atoms with Crippen molar-refractivity contribution in [3.05, 3.63) is 10.1 Å². The highest BCUT2D eigenvalue weighted by Gasteiger charge is 2.18. The Labute approximate surface area is 99.2 Å². The minimum atomic E-state index is -0.722. The number of hydrogen-bond donors (Lipinski definition) is 0. The average molecular weight is 247 g/mol. The quantitative estimate of drug-likeness (QED) is 0.274. The van der Waals surface area contributed by atoms with Gasteiger partial charge in [-0.3, -0.25) is 19.7 Å². The fraction of sp³-hybridized carbons (Fsp3) is 0.800. The van der Waals surface area contributed by atoms with Gasteiger partial charge in [0.25, 0.3) is 0 Å². The normalized spacial score (nSPS) is 11.6. The summed E-state index contributed by atoms with van der Waals surface area (Å²) in [6, 6.07) is 0. The zero-order valence-electron chi connectivity index (χ0n) is 10.0. The third-order valence-electron chi connectivity index (χ3n) is 2.07. The maximum Gasteiger partial charge on any atom is 0.305 e. The van der Waals surface area contributed by atoms with Crippen LogP contribution >= 0.6 is 0 Å². The maximum absolute atomic E-state index is 10.8. The van der Waals surface area contributed by atoms with Gasteiger partial charge in [-0.25, -0.2) is 0 Å². The van der Waals surface area contributed by atoms with Crippen LogP contribution in [0.25, 0.3) is 0 Å². The van der Waals surface area contributed by atoms with Crippen LogP contribution in [0.15, 0.2) is 0 Å². The second-order valence-corrected chi connectivity index (χ2v) is 3.57. The molecule has 0 aliphatic heterocycles. The number of carbonyl (C=O) groups excluding carboxylic acids is 2. The number of nitro groups is 1. The van der Waals surface area contributed by atoms with Crippen LogP contribution in [-0.4, -0.2) is 36.6 Å². The second-order valence-electron chi connectivity index (χ2n) is 3.57. The number of methoxy groups -OCH3 is 1. The Balaban J connectivity index is 3.86. The molecule has 0 rings (SSSR count). The van der Waals surface area contributed by atoms with Gasteiger partial charge in [0.1, 0.15) is 0 Å². The molecule has 0 bridgehead atoms. The molecule has 1 atom stereocenters. The van der Waals surface area contributed by atoms with Crippen molar-refractivity contribution in [1.82, 2.24) is 0 Å². The van der Waals surface area contributed by atoms with E-state index in [2.05, 4.69) is 4.74 Å². The molecule has 0 aliphatic rings. The number of carbonyl (C=O) groups is 2. The first-order chi connectivity index (χ1) is 7.95. The Hall–Kier alpha value is -1.66. The summed E-state index contributed by atoms with van der Waals surface area (Å²) in [5.41, 5.74) is 0. The molecule has 0 aromatic heterocycles. The molecular formula is C10H17NO6. The van der Waals surface area contributed by atoms with E-state index in [1.165, 1.54) is 14.0 Å². The molecule has 7 nitrogen and oxygen atoms in total. The summed E-state index contributed by atoms with van der Waals surface area (Å²) in [6.45, 7) is 0.805. The minimum Gasteiger partial charge on any atom is -0.469 e. The van der Waals surface area contributed by atoms with Crippen molar-refractivity contribution >= 4 is 11.9 Å². The lowest BCUT2D eigenvalue weighted by Gasteiger charge is -2.12. The standard InChI is InChI=1S/C10H17NO6/c1-8(12)17-9(7-11(14)15)5-3-4-6-10(13)16-2/h9H,3-7H2,1-2H3. The molecule has 0 aromatic rings. The molecule has 0 saturated heterocycles. The van der Waals surface area contributed by atoms with Crippen molar-refractivity contribution in [2.75, 3.05) is 13.7 Å².